The maximum absolute atomic E-state index is 11.9. The van der Waals surface area contributed by atoms with Crippen molar-refractivity contribution < 1.29 is 14.5 Å². The van der Waals surface area contributed by atoms with E-state index in [4.69, 9.17) is 0 Å². The molecule has 0 aliphatic carbocycles. The van der Waals surface area contributed by atoms with Crippen LogP contribution in [-0.4, -0.2) is 37.2 Å². The molecule has 0 spiro atoms. The zero-order valence-electron chi connectivity index (χ0n) is 13.8. The molecule has 2 rings (SSSR count). The first kappa shape index (κ1) is 17.1. The van der Waals surface area contributed by atoms with E-state index in [1.54, 1.807) is 0 Å². The number of quaternary nitrogens is 1. The Hall–Kier alpha value is -2.21. The lowest BCUT2D eigenvalue weighted by atomic mass is 10.1. The molecule has 0 unspecified atom stereocenters. The van der Waals surface area contributed by atoms with Gasteiger partial charge in [0.05, 0.1) is 18.8 Å². The number of anilines is 1. The number of likely N-dealkylation sites (tertiary alicyclic amines) is 1. The minimum atomic E-state index is -0.101. The molecule has 1 aliphatic heterocycles. The molecule has 3 N–H and O–H groups in total. The SMILES string of the molecule is CC(=O)Nc1ccc(/C(C)=N\NC(=O)C[NH+]2CCCCC2)cc1. The third-order valence-electron chi connectivity index (χ3n) is 3.94. The van der Waals surface area contributed by atoms with E-state index in [9.17, 15) is 9.59 Å². The molecule has 1 aromatic rings. The maximum atomic E-state index is 11.9. The smallest absolute Gasteiger partial charge is 0.295 e. The van der Waals surface area contributed by atoms with Gasteiger partial charge >= 0.3 is 0 Å². The summed E-state index contributed by atoms with van der Waals surface area (Å²) in [5, 5.41) is 6.88. The first-order valence-electron chi connectivity index (χ1n) is 8.09. The third kappa shape index (κ3) is 5.83. The van der Waals surface area contributed by atoms with Crippen molar-refractivity contribution in [2.75, 3.05) is 25.0 Å². The van der Waals surface area contributed by atoms with Gasteiger partial charge in [-0.15, -0.1) is 0 Å². The molecule has 1 aromatic carbocycles. The van der Waals surface area contributed by atoms with Crippen molar-refractivity contribution in [3.63, 3.8) is 0 Å². The Morgan fingerprint density at radius 1 is 1.09 bits per heavy atom. The Kier molecular flexibility index (Phi) is 6.29. The van der Waals surface area contributed by atoms with Gasteiger partial charge in [0.1, 0.15) is 0 Å². The van der Waals surface area contributed by atoms with Gasteiger partial charge in [0, 0.05) is 12.6 Å². The van der Waals surface area contributed by atoms with Crippen molar-refractivity contribution in [1.29, 1.82) is 0 Å². The molecule has 23 heavy (non-hydrogen) atoms. The second-order valence-electron chi connectivity index (χ2n) is 5.98. The molecule has 1 heterocycles. The Labute approximate surface area is 136 Å². The van der Waals surface area contributed by atoms with E-state index >= 15 is 0 Å². The molecule has 0 atom stereocenters. The number of nitrogens with zero attached hydrogens (tertiary/aromatic N) is 1. The quantitative estimate of drug-likeness (QED) is 0.548. The summed E-state index contributed by atoms with van der Waals surface area (Å²) in [6.45, 7) is 5.95. The lowest BCUT2D eigenvalue weighted by Crippen LogP contribution is -3.13. The second-order valence-corrected chi connectivity index (χ2v) is 5.98. The molecule has 0 radical (unpaired) electrons. The summed E-state index contributed by atoms with van der Waals surface area (Å²) in [6, 6.07) is 7.36. The van der Waals surface area contributed by atoms with Gasteiger partial charge in [0.15, 0.2) is 6.54 Å². The molecule has 6 nitrogen and oxygen atoms in total. The number of benzene rings is 1. The van der Waals surface area contributed by atoms with E-state index in [0.29, 0.717) is 6.54 Å². The summed E-state index contributed by atoms with van der Waals surface area (Å²) in [5.41, 5.74) is 5.02. The number of nitrogens with one attached hydrogen (secondary N) is 3. The van der Waals surface area contributed by atoms with Crippen LogP contribution >= 0.6 is 0 Å². The van der Waals surface area contributed by atoms with Gasteiger partial charge in [-0.3, -0.25) is 9.59 Å². The molecular weight excluding hydrogens is 292 g/mol. The predicted octanol–water partition coefficient (Wildman–Crippen LogP) is 0.554. The molecule has 0 aromatic heterocycles. The van der Waals surface area contributed by atoms with Crippen LogP contribution in [0.3, 0.4) is 0 Å². The molecular formula is C17H25N4O2+. The van der Waals surface area contributed by atoms with Crippen LogP contribution < -0.4 is 15.6 Å². The number of amides is 2. The van der Waals surface area contributed by atoms with Crippen molar-refractivity contribution in [3.8, 4) is 0 Å². The number of rotatable bonds is 5. The van der Waals surface area contributed by atoms with Gasteiger partial charge in [0.2, 0.25) is 5.91 Å². The summed E-state index contributed by atoms with van der Waals surface area (Å²) in [6.07, 6.45) is 3.67. The zero-order chi connectivity index (χ0) is 16.7. The number of hydrogen-bond acceptors (Lipinski definition) is 3. The van der Waals surface area contributed by atoms with Crippen molar-refractivity contribution in [2.45, 2.75) is 33.1 Å². The maximum Gasteiger partial charge on any atom is 0.295 e. The lowest BCUT2D eigenvalue weighted by molar-refractivity contribution is -0.896. The van der Waals surface area contributed by atoms with E-state index in [0.717, 1.165) is 30.1 Å². The highest BCUT2D eigenvalue weighted by Gasteiger charge is 2.16. The number of carbonyl (C=O) groups is 2. The third-order valence-corrected chi connectivity index (χ3v) is 3.94. The standard InChI is InChI=1S/C17H24N4O2/c1-13(15-6-8-16(9-7-15)18-14(2)22)19-20-17(23)12-21-10-4-3-5-11-21/h6-9H,3-5,10-12H2,1-2H3,(H,18,22)(H,20,23)/p+1/b19-13-. The fourth-order valence-corrected chi connectivity index (χ4v) is 2.70. The van der Waals surface area contributed by atoms with E-state index in [-0.39, 0.29) is 11.8 Å². The van der Waals surface area contributed by atoms with Gasteiger partial charge in [-0.2, -0.15) is 5.10 Å². The van der Waals surface area contributed by atoms with E-state index < -0.39 is 0 Å². The average molecular weight is 317 g/mol. The highest BCUT2D eigenvalue weighted by atomic mass is 16.2. The number of carbonyl (C=O) groups excluding carboxylic acids is 2. The summed E-state index contributed by atoms with van der Waals surface area (Å²) in [4.78, 5) is 24.3. The van der Waals surface area contributed by atoms with Crippen LogP contribution in [0, 0.1) is 0 Å². The molecule has 2 amide bonds. The summed E-state index contributed by atoms with van der Waals surface area (Å²) >= 11 is 0. The summed E-state index contributed by atoms with van der Waals surface area (Å²) < 4.78 is 0. The normalized spacial score (nSPS) is 16.0. The summed E-state index contributed by atoms with van der Waals surface area (Å²) in [5.74, 6) is -0.147. The predicted molar refractivity (Wildman–Crippen MR) is 90.5 cm³/mol. The summed E-state index contributed by atoms with van der Waals surface area (Å²) in [7, 11) is 0. The van der Waals surface area contributed by atoms with Crippen molar-refractivity contribution >= 4 is 23.2 Å². The van der Waals surface area contributed by atoms with Crippen LogP contribution in [0.2, 0.25) is 0 Å². The van der Waals surface area contributed by atoms with Crippen molar-refractivity contribution in [3.05, 3.63) is 29.8 Å². The number of piperidine rings is 1. The topological polar surface area (TPSA) is 75.0 Å². The molecule has 0 bridgehead atoms. The fraction of sp³-hybridized carbons (Fsp3) is 0.471. The largest absolute Gasteiger partial charge is 0.327 e. The van der Waals surface area contributed by atoms with Crippen molar-refractivity contribution in [2.24, 2.45) is 5.10 Å². The Morgan fingerprint density at radius 3 is 2.35 bits per heavy atom. The fourth-order valence-electron chi connectivity index (χ4n) is 2.70. The van der Waals surface area contributed by atoms with Gasteiger partial charge in [-0.25, -0.2) is 5.43 Å². The minimum absolute atomic E-state index is 0.0453. The zero-order valence-corrected chi connectivity index (χ0v) is 13.8. The number of hydrogen-bond donors (Lipinski definition) is 3. The van der Waals surface area contributed by atoms with Crippen LogP contribution in [0.25, 0.3) is 0 Å². The molecule has 1 fully saturated rings. The highest BCUT2D eigenvalue weighted by molar-refractivity contribution is 6.00. The van der Waals surface area contributed by atoms with E-state index in [2.05, 4.69) is 15.8 Å². The molecule has 124 valence electrons. The first-order chi connectivity index (χ1) is 11.0. The molecule has 0 saturated carbocycles. The van der Waals surface area contributed by atoms with Gasteiger partial charge < -0.3 is 10.2 Å². The minimum Gasteiger partial charge on any atom is -0.327 e. The molecule has 1 saturated heterocycles. The van der Waals surface area contributed by atoms with Gasteiger partial charge in [0.25, 0.3) is 5.91 Å². The Bertz CT molecular complexity index is 575. The van der Waals surface area contributed by atoms with Crippen molar-refractivity contribution in [1.82, 2.24) is 5.43 Å². The second kappa shape index (κ2) is 8.43. The van der Waals surface area contributed by atoms with Crippen LogP contribution in [0.1, 0.15) is 38.7 Å². The lowest BCUT2D eigenvalue weighted by Gasteiger charge is -2.22. The van der Waals surface area contributed by atoms with E-state index in [1.807, 2.05) is 31.2 Å². The highest BCUT2D eigenvalue weighted by Crippen LogP contribution is 2.10. The average Bonchev–Trinajstić information content (AvgIpc) is 2.54. The van der Waals surface area contributed by atoms with Gasteiger partial charge in [-0.1, -0.05) is 12.1 Å². The van der Waals surface area contributed by atoms with Crippen LogP contribution in [0.4, 0.5) is 5.69 Å². The molecule has 1 aliphatic rings. The Balaban J connectivity index is 1.86. The molecule has 6 heteroatoms. The van der Waals surface area contributed by atoms with Crippen LogP contribution in [0.15, 0.2) is 29.4 Å². The van der Waals surface area contributed by atoms with Gasteiger partial charge in [-0.05, 0) is 43.9 Å². The Morgan fingerprint density at radius 2 is 1.74 bits per heavy atom. The first-order valence-corrected chi connectivity index (χ1v) is 8.09. The number of hydrazone groups is 1. The van der Waals surface area contributed by atoms with Crippen LogP contribution in [-0.2, 0) is 9.59 Å². The van der Waals surface area contributed by atoms with E-state index in [1.165, 1.54) is 31.1 Å². The monoisotopic (exact) mass is 317 g/mol. The van der Waals surface area contributed by atoms with Crippen LogP contribution in [0.5, 0.6) is 0 Å².